The van der Waals surface area contributed by atoms with E-state index in [0.717, 1.165) is 11.1 Å². The summed E-state index contributed by atoms with van der Waals surface area (Å²) in [4.78, 5) is 38.1. The van der Waals surface area contributed by atoms with Crippen molar-refractivity contribution in [3.63, 3.8) is 0 Å². The number of carbonyl (C=O) groups is 2. The highest BCUT2D eigenvalue weighted by Gasteiger charge is 2.30. The highest BCUT2D eigenvalue weighted by atomic mass is 19.1. The minimum Gasteiger partial charge on any atom is -0.339 e. The maximum atomic E-state index is 13.2. The molecular formula is C26H28FN5O2. The Balaban J connectivity index is 1.30. The Morgan fingerprint density at radius 3 is 2.18 bits per heavy atom. The summed E-state index contributed by atoms with van der Waals surface area (Å²) in [6, 6.07) is 15.0. The molecule has 3 aromatic rings. The average Bonchev–Trinajstić information content (AvgIpc) is 2.86. The van der Waals surface area contributed by atoms with Crippen LogP contribution in [0.5, 0.6) is 0 Å². The first kappa shape index (κ1) is 23.4. The zero-order valence-electron chi connectivity index (χ0n) is 19.4. The number of amides is 2. The number of aromatic nitrogens is 2. The van der Waals surface area contributed by atoms with E-state index in [1.54, 1.807) is 56.6 Å². The highest BCUT2D eigenvalue weighted by Crippen LogP contribution is 2.25. The molecule has 1 N–H and O–H groups in total. The molecule has 1 aromatic heterocycles. The number of nitrogens with one attached hydrogen (secondary N) is 1. The lowest BCUT2D eigenvalue weighted by atomic mass is 9.83. The Morgan fingerprint density at radius 2 is 1.56 bits per heavy atom. The Labute approximate surface area is 198 Å². The number of hydrogen-bond donors (Lipinski definition) is 1. The van der Waals surface area contributed by atoms with Crippen molar-refractivity contribution >= 4 is 23.5 Å². The van der Waals surface area contributed by atoms with Crippen molar-refractivity contribution in [1.82, 2.24) is 14.9 Å². The van der Waals surface area contributed by atoms with Crippen LogP contribution in [0.4, 0.5) is 16.0 Å². The van der Waals surface area contributed by atoms with Gasteiger partial charge in [0.15, 0.2) is 0 Å². The lowest BCUT2D eigenvalue weighted by Gasteiger charge is -2.34. The summed E-state index contributed by atoms with van der Waals surface area (Å²) in [7, 11) is 0. The zero-order valence-corrected chi connectivity index (χ0v) is 19.4. The lowest BCUT2D eigenvalue weighted by molar-refractivity contribution is -0.130. The second kappa shape index (κ2) is 9.99. The van der Waals surface area contributed by atoms with Gasteiger partial charge in [-0.25, -0.2) is 14.4 Å². The van der Waals surface area contributed by atoms with E-state index >= 15 is 0 Å². The maximum absolute atomic E-state index is 13.2. The molecule has 0 radical (unpaired) electrons. The summed E-state index contributed by atoms with van der Waals surface area (Å²) in [5.74, 6) is 0.234. The fraction of sp³-hybridized carbons (Fsp3) is 0.308. The number of halogens is 1. The molecule has 8 heteroatoms. The summed E-state index contributed by atoms with van der Waals surface area (Å²) >= 11 is 0. The monoisotopic (exact) mass is 461 g/mol. The predicted octanol–water partition coefficient (Wildman–Crippen LogP) is 3.42. The fourth-order valence-corrected chi connectivity index (χ4v) is 3.89. The molecule has 0 saturated carbocycles. The van der Waals surface area contributed by atoms with Crippen molar-refractivity contribution in [1.29, 1.82) is 0 Å². The van der Waals surface area contributed by atoms with Crippen LogP contribution in [0, 0.1) is 5.82 Å². The van der Waals surface area contributed by atoms with Crippen molar-refractivity contribution < 1.29 is 14.0 Å². The third-order valence-electron chi connectivity index (χ3n) is 6.17. The van der Waals surface area contributed by atoms with Crippen molar-refractivity contribution in [2.45, 2.75) is 25.7 Å². The highest BCUT2D eigenvalue weighted by molar-refractivity contribution is 5.98. The Kier molecular flexibility index (Phi) is 6.86. The fourth-order valence-electron chi connectivity index (χ4n) is 3.89. The Bertz CT molecular complexity index is 1130. The number of hydrogen-bond acceptors (Lipinski definition) is 5. The van der Waals surface area contributed by atoms with Crippen molar-refractivity contribution in [2.75, 3.05) is 36.4 Å². The molecule has 1 fully saturated rings. The summed E-state index contributed by atoms with van der Waals surface area (Å²) in [5.41, 5.74) is 1.44. The van der Waals surface area contributed by atoms with E-state index < -0.39 is 5.41 Å². The van der Waals surface area contributed by atoms with Gasteiger partial charge < -0.3 is 15.1 Å². The molecule has 1 saturated heterocycles. The molecule has 2 heterocycles. The van der Waals surface area contributed by atoms with Crippen molar-refractivity contribution in [3.05, 3.63) is 83.9 Å². The molecule has 0 atom stereocenters. The van der Waals surface area contributed by atoms with Gasteiger partial charge in [0.1, 0.15) is 5.82 Å². The molecule has 176 valence electrons. The molecule has 0 bridgehead atoms. The molecule has 0 unspecified atom stereocenters. The summed E-state index contributed by atoms with van der Waals surface area (Å²) in [6.07, 6.45) is 3.74. The van der Waals surface area contributed by atoms with E-state index in [1.807, 2.05) is 17.0 Å². The van der Waals surface area contributed by atoms with Gasteiger partial charge in [0.25, 0.3) is 0 Å². The number of piperazine rings is 1. The Morgan fingerprint density at radius 1 is 0.941 bits per heavy atom. The molecule has 34 heavy (non-hydrogen) atoms. The van der Waals surface area contributed by atoms with Crippen LogP contribution in [0.25, 0.3) is 0 Å². The number of benzene rings is 2. The topological polar surface area (TPSA) is 78.4 Å². The smallest absolute Gasteiger partial charge is 0.234 e. The first-order chi connectivity index (χ1) is 16.3. The first-order valence-electron chi connectivity index (χ1n) is 11.3. The van der Waals surface area contributed by atoms with E-state index in [9.17, 15) is 14.0 Å². The van der Waals surface area contributed by atoms with Gasteiger partial charge in [0, 0.05) is 44.3 Å². The van der Waals surface area contributed by atoms with Crippen LogP contribution in [0.15, 0.2) is 67.0 Å². The van der Waals surface area contributed by atoms with Crippen LogP contribution < -0.4 is 10.2 Å². The molecule has 1 aliphatic heterocycles. The molecule has 7 nitrogen and oxygen atoms in total. The minimum atomic E-state index is -0.824. The van der Waals surface area contributed by atoms with Gasteiger partial charge in [0.05, 0.1) is 11.8 Å². The second-order valence-corrected chi connectivity index (χ2v) is 8.88. The van der Waals surface area contributed by atoms with Crippen LogP contribution in [0.3, 0.4) is 0 Å². The molecule has 2 aromatic carbocycles. The zero-order chi connectivity index (χ0) is 24.1. The van der Waals surface area contributed by atoms with Crippen molar-refractivity contribution in [2.24, 2.45) is 0 Å². The van der Waals surface area contributed by atoms with Gasteiger partial charge in [-0.3, -0.25) is 9.59 Å². The van der Waals surface area contributed by atoms with E-state index in [1.165, 1.54) is 12.1 Å². The molecular weight excluding hydrogens is 433 g/mol. The summed E-state index contributed by atoms with van der Waals surface area (Å²) in [6.45, 7) is 6.25. The molecule has 4 rings (SSSR count). The number of anilines is 2. The average molecular weight is 462 g/mol. The maximum Gasteiger partial charge on any atom is 0.234 e. The third-order valence-corrected chi connectivity index (χ3v) is 6.17. The number of nitrogens with zero attached hydrogens (tertiary/aromatic N) is 4. The normalized spacial score (nSPS) is 14.1. The van der Waals surface area contributed by atoms with E-state index in [2.05, 4.69) is 20.2 Å². The van der Waals surface area contributed by atoms with E-state index in [-0.39, 0.29) is 17.6 Å². The molecule has 2 amide bonds. The Hall–Kier alpha value is -3.81. The predicted molar refractivity (Wildman–Crippen MR) is 129 cm³/mol. The van der Waals surface area contributed by atoms with Gasteiger partial charge in [-0.2, -0.15) is 0 Å². The van der Waals surface area contributed by atoms with Gasteiger partial charge in [-0.1, -0.05) is 24.3 Å². The van der Waals surface area contributed by atoms with Crippen molar-refractivity contribution in [3.8, 4) is 0 Å². The van der Waals surface area contributed by atoms with Gasteiger partial charge in [0.2, 0.25) is 17.8 Å². The van der Waals surface area contributed by atoms with Gasteiger partial charge in [-0.15, -0.1) is 0 Å². The largest absolute Gasteiger partial charge is 0.339 e. The van der Waals surface area contributed by atoms with E-state index in [0.29, 0.717) is 44.2 Å². The minimum absolute atomic E-state index is 0.0721. The van der Waals surface area contributed by atoms with Crippen LogP contribution in [0.2, 0.25) is 0 Å². The number of rotatable bonds is 6. The molecule has 1 aliphatic rings. The molecule has 0 spiro atoms. The quantitative estimate of drug-likeness (QED) is 0.609. The first-order valence-corrected chi connectivity index (χ1v) is 11.3. The lowest BCUT2D eigenvalue weighted by Crippen LogP contribution is -2.49. The number of carbonyl (C=O) groups excluding carboxylic acids is 2. The van der Waals surface area contributed by atoms with Crippen LogP contribution in [-0.4, -0.2) is 52.9 Å². The van der Waals surface area contributed by atoms with Gasteiger partial charge in [-0.05, 0) is 55.3 Å². The van der Waals surface area contributed by atoms with E-state index in [4.69, 9.17) is 0 Å². The third kappa shape index (κ3) is 5.39. The van der Waals surface area contributed by atoms with Crippen LogP contribution in [-0.2, 0) is 21.4 Å². The summed E-state index contributed by atoms with van der Waals surface area (Å²) in [5, 5.41) is 2.91. The summed E-state index contributed by atoms with van der Waals surface area (Å²) < 4.78 is 13.2. The van der Waals surface area contributed by atoms with Crippen LogP contribution in [0.1, 0.15) is 25.0 Å². The SMILES string of the molecule is CC(C)(C(=O)Nc1ccc(CC(=O)N2CCN(c3ncccn3)CC2)cc1)c1ccc(F)cc1. The standard InChI is InChI=1S/C26H28FN5O2/c1-26(2,20-6-8-21(27)9-7-20)24(34)30-22-10-4-19(5-11-22)18-23(33)31-14-16-32(17-15-31)25-28-12-3-13-29-25/h3-13H,14-18H2,1-2H3,(H,30,34). The van der Waals surface area contributed by atoms with Crippen LogP contribution >= 0.6 is 0 Å². The second-order valence-electron chi connectivity index (χ2n) is 8.88. The van der Waals surface area contributed by atoms with Gasteiger partial charge >= 0.3 is 0 Å². The molecule has 0 aliphatic carbocycles.